The number of esters is 1. The molecule has 0 aliphatic carbocycles. The summed E-state index contributed by atoms with van der Waals surface area (Å²) < 4.78 is 11.1. The van der Waals surface area contributed by atoms with Gasteiger partial charge in [-0.15, -0.1) is 0 Å². The van der Waals surface area contributed by atoms with Crippen molar-refractivity contribution in [3.8, 4) is 0 Å². The van der Waals surface area contributed by atoms with E-state index in [4.69, 9.17) is 9.47 Å². The Morgan fingerprint density at radius 1 is 1.15 bits per heavy atom. The highest BCUT2D eigenvalue weighted by atomic mass is 16.5. The highest BCUT2D eigenvalue weighted by Crippen LogP contribution is 2.24. The molecular weight excluding hydrogens is 332 g/mol. The van der Waals surface area contributed by atoms with Crippen molar-refractivity contribution in [1.29, 1.82) is 0 Å². The van der Waals surface area contributed by atoms with Crippen LogP contribution in [0.2, 0.25) is 0 Å². The van der Waals surface area contributed by atoms with Gasteiger partial charge in [-0.3, -0.25) is 0 Å². The third-order valence-electron chi connectivity index (χ3n) is 4.50. The lowest BCUT2D eigenvalue weighted by molar-refractivity contribution is -0.149. The second kappa shape index (κ2) is 8.94. The Bertz CT molecular complexity index is 679. The highest BCUT2D eigenvalue weighted by molar-refractivity contribution is 5.82. The minimum atomic E-state index is -0.945. The van der Waals surface area contributed by atoms with Gasteiger partial charge in [0.1, 0.15) is 18.3 Å². The van der Waals surface area contributed by atoms with Crippen LogP contribution in [0.25, 0.3) is 6.08 Å². The van der Waals surface area contributed by atoms with E-state index in [-0.39, 0.29) is 18.2 Å². The van der Waals surface area contributed by atoms with Crippen molar-refractivity contribution in [2.24, 2.45) is 0 Å². The zero-order valence-electron chi connectivity index (χ0n) is 14.5. The van der Waals surface area contributed by atoms with E-state index in [0.717, 1.165) is 5.56 Å². The van der Waals surface area contributed by atoms with Crippen LogP contribution in [0, 0.1) is 0 Å². The third kappa shape index (κ3) is 5.14. The zero-order valence-corrected chi connectivity index (χ0v) is 14.5. The fourth-order valence-electron chi connectivity index (χ4n) is 3.10. The largest absolute Gasteiger partial charge is 0.455 e. The van der Waals surface area contributed by atoms with Gasteiger partial charge >= 0.3 is 5.97 Å². The summed E-state index contributed by atoms with van der Waals surface area (Å²) >= 11 is 0. The van der Waals surface area contributed by atoms with Gasteiger partial charge in [-0.25, -0.2) is 4.79 Å². The fraction of sp³-hybridized carbons (Fsp3) is 0.381. The molecule has 5 atom stereocenters. The van der Waals surface area contributed by atoms with E-state index < -0.39 is 18.3 Å². The van der Waals surface area contributed by atoms with E-state index in [1.54, 1.807) is 12.2 Å². The number of cyclic esters (lactones) is 1. The van der Waals surface area contributed by atoms with E-state index in [1.165, 1.54) is 6.08 Å². The predicted octanol–water partition coefficient (Wildman–Crippen LogP) is 2.40. The van der Waals surface area contributed by atoms with E-state index in [2.05, 4.69) is 0 Å². The van der Waals surface area contributed by atoms with Crippen LogP contribution in [0.5, 0.6) is 0 Å². The number of ether oxygens (including phenoxy) is 2. The van der Waals surface area contributed by atoms with Crippen molar-refractivity contribution >= 4 is 12.0 Å². The average molecular weight is 356 g/mol. The van der Waals surface area contributed by atoms with Crippen molar-refractivity contribution in [1.82, 2.24) is 0 Å². The maximum atomic E-state index is 11.2. The number of hydrogen-bond donors (Lipinski definition) is 2. The van der Waals surface area contributed by atoms with Crippen LogP contribution < -0.4 is 0 Å². The van der Waals surface area contributed by atoms with Crippen molar-refractivity contribution in [2.75, 3.05) is 0 Å². The maximum Gasteiger partial charge on any atom is 0.331 e. The lowest BCUT2D eigenvalue weighted by Crippen LogP contribution is -2.47. The van der Waals surface area contributed by atoms with Gasteiger partial charge in [0.05, 0.1) is 12.2 Å². The van der Waals surface area contributed by atoms with Crippen molar-refractivity contribution < 1.29 is 24.5 Å². The van der Waals surface area contributed by atoms with Gasteiger partial charge < -0.3 is 19.7 Å². The quantitative estimate of drug-likeness (QED) is 0.626. The Balaban J connectivity index is 1.56. The number of benzene rings is 1. The van der Waals surface area contributed by atoms with Crippen LogP contribution in [0.1, 0.15) is 24.8 Å². The van der Waals surface area contributed by atoms with E-state index in [1.807, 2.05) is 48.6 Å². The summed E-state index contributed by atoms with van der Waals surface area (Å²) in [5.74, 6) is -0.329. The summed E-state index contributed by atoms with van der Waals surface area (Å²) in [4.78, 5) is 11.2. The lowest BCUT2D eigenvalue weighted by atomic mass is 9.95. The molecule has 26 heavy (non-hydrogen) atoms. The van der Waals surface area contributed by atoms with Gasteiger partial charge in [0, 0.05) is 18.9 Å². The van der Waals surface area contributed by atoms with Gasteiger partial charge in [0.15, 0.2) is 0 Å². The summed E-state index contributed by atoms with van der Waals surface area (Å²) in [6.07, 6.45) is 9.46. The molecular formula is C21H24O5. The number of hydrogen-bond acceptors (Lipinski definition) is 5. The molecule has 0 unspecified atom stereocenters. The third-order valence-corrected chi connectivity index (χ3v) is 4.50. The van der Waals surface area contributed by atoms with E-state index in [9.17, 15) is 15.0 Å². The van der Waals surface area contributed by atoms with Gasteiger partial charge in [-0.2, -0.15) is 0 Å². The highest BCUT2D eigenvalue weighted by Gasteiger charge is 2.34. The van der Waals surface area contributed by atoms with Gasteiger partial charge in [0.2, 0.25) is 0 Å². The zero-order chi connectivity index (χ0) is 18.4. The summed E-state index contributed by atoms with van der Waals surface area (Å²) in [7, 11) is 0. The van der Waals surface area contributed by atoms with Gasteiger partial charge in [-0.1, -0.05) is 54.6 Å². The minimum absolute atomic E-state index is 0.204. The van der Waals surface area contributed by atoms with Crippen LogP contribution in [0.3, 0.4) is 0 Å². The monoisotopic (exact) mass is 356 g/mol. The summed E-state index contributed by atoms with van der Waals surface area (Å²) in [5, 5.41) is 20.3. The molecule has 1 aromatic rings. The van der Waals surface area contributed by atoms with E-state index in [0.29, 0.717) is 19.3 Å². The first-order valence-corrected chi connectivity index (χ1v) is 8.90. The first-order valence-electron chi connectivity index (χ1n) is 8.90. The number of carbonyl (C=O) groups excluding carboxylic acids is 1. The van der Waals surface area contributed by atoms with Crippen LogP contribution in [-0.2, 0) is 14.3 Å². The number of rotatable bonds is 5. The fourth-order valence-corrected chi connectivity index (χ4v) is 3.10. The SMILES string of the molecule is O=C1C=CC[C@H](/C=C/C[C@@H]2C[C@@H](O)[C@@H](O)[C@H](/C=C/c3ccccc3)O2)O1. The maximum absolute atomic E-state index is 11.2. The molecule has 5 heteroatoms. The van der Waals surface area contributed by atoms with Gasteiger partial charge in [-0.05, 0) is 18.1 Å². The molecule has 5 nitrogen and oxygen atoms in total. The molecule has 0 aromatic heterocycles. The minimum Gasteiger partial charge on any atom is -0.455 e. The van der Waals surface area contributed by atoms with Crippen LogP contribution in [-0.4, -0.2) is 46.7 Å². The molecule has 1 fully saturated rings. The lowest BCUT2D eigenvalue weighted by Gasteiger charge is -2.35. The molecule has 138 valence electrons. The molecule has 0 bridgehead atoms. The second-order valence-electron chi connectivity index (χ2n) is 6.56. The second-order valence-corrected chi connectivity index (χ2v) is 6.56. The van der Waals surface area contributed by atoms with Crippen molar-refractivity contribution in [2.45, 2.75) is 49.8 Å². The van der Waals surface area contributed by atoms with Crippen molar-refractivity contribution in [3.05, 3.63) is 66.3 Å². The normalized spacial score (nSPS) is 32.2. The summed E-state index contributed by atoms with van der Waals surface area (Å²) in [6, 6.07) is 9.74. The Morgan fingerprint density at radius 3 is 2.73 bits per heavy atom. The Labute approximate surface area is 153 Å². The predicted molar refractivity (Wildman–Crippen MR) is 98.2 cm³/mol. The van der Waals surface area contributed by atoms with Crippen molar-refractivity contribution in [3.63, 3.8) is 0 Å². The molecule has 2 heterocycles. The number of aliphatic hydroxyl groups excluding tert-OH is 2. The number of aliphatic hydroxyl groups is 2. The number of carbonyl (C=O) groups is 1. The van der Waals surface area contributed by atoms with Crippen LogP contribution in [0.15, 0.2) is 60.7 Å². The Morgan fingerprint density at radius 2 is 1.96 bits per heavy atom. The molecule has 0 radical (unpaired) electrons. The molecule has 0 spiro atoms. The first kappa shape index (κ1) is 18.6. The summed E-state index contributed by atoms with van der Waals surface area (Å²) in [5.41, 5.74) is 1.01. The van der Waals surface area contributed by atoms with Crippen LogP contribution >= 0.6 is 0 Å². The van der Waals surface area contributed by atoms with Crippen LogP contribution in [0.4, 0.5) is 0 Å². The standard InChI is InChI=1S/C21H24O5/c22-18-14-17(10-4-8-16-9-5-11-20(23)26-16)25-19(21(18)24)13-12-15-6-2-1-3-7-15/h1-8,11-13,16-19,21-22,24H,9-10,14H2/b8-4+,13-12+/t16-,17+,18+,19-,21+/m0/s1. The van der Waals surface area contributed by atoms with Gasteiger partial charge in [0.25, 0.3) is 0 Å². The van der Waals surface area contributed by atoms with E-state index >= 15 is 0 Å². The first-order chi connectivity index (χ1) is 12.6. The summed E-state index contributed by atoms with van der Waals surface area (Å²) in [6.45, 7) is 0. The molecule has 1 saturated heterocycles. The molecule has 2 aliphatic heterocycles. The molecule has 0 saturated carbocycles. The molecule has 2 aliphatic rings. The molecule has 1 aromatic carbocycles. The Hall–Kier alpha value is -2.21. The Kier molecular flexibility index (Phi) is 6.39. The molecule has 3 rings (SSSR count). The molecule has 0 amide bonds. The average Bonchev–Trinajstić information content (AvgIpc) is 2.64. The topological polar surface area (TPSA) is 76.0 Å². The smallest absolute Gasteiger partial charge is 0.331 e. The molecule has 2 N–H and O–H groups in total.